The Labute approximate surface area is 138 Å². The molecule has 130 valence electrons. The van der Waals surface area contributed by atoms with Crippen LogP contribution in [0.15, 0.2) is 23.1 Å². The van der Waals surface area contributed by atoms with Crippen molar-refractivity contribution in [1.29, 1.82) is 0 Å². The number of hydrogen-bond acceptors (Lipinski definition) is 5. The first-order chi connectivity index (χ1) is 10.9. The van der Waals surface area contributed by atoms with Crippen LogP contribution in [0.4, 0.5) is 0 Å². The van der Waals surface area contributed by atoms with Gasteiger partial charge in [0.05, 0.1) is 24.2 Å². The topological polar surface area (TPSA) is 65.1 Å². The van der Waals surface area contributed by atoms with Crippen molar-refractivity contribution in [2.45, 2.75) is 37.8 Å². The van der Waals surface area contributed by atoms with E-state index in [0.717, 1.165) is 5.56 Å². The minimum absolute atomic E-state index is 0.0984. The summed E-state index contributed by atoms with van der Waals surface area (Å²) >= 11 is 0. The van der Waals surface area contributed by atoms with Crippen LogP contribution in [0, 0.1) is 6.92 Å². The molecule has 7 heteroatoms. The van der Waals surface area contributed by atoms with Crippen LogP contribution in [0.25, 0.3) is 0 Å². The lowest BCUT2D eigenvalue weighted by Gasteiger charge is -2.35. The summed E-state index contributed by atoms with van der Waals surface area (Å²) in [5.74, 6) is 0.671. The van der Waals surface area contributed by atoms with E-state index < -0.39 is 10.0 Å². The van der Waals surface area contributed by atoms with Crippen LogP contribution in [-0.4, -0.2) is 58.3 Å². The fraction of sp³-hybridized carbons (Fsp3) is 0.625. The van der Waals surface area contributed by atoms with Crippen LogP contribution in [0.5, 0.6) is 5.75 Å². The number of rotatable bonds is 6. The van der Waals surface area contributed by atoms with Gasteiger partial charge in [-0.25, -0.2) is 8.42 Å². The molecule has 0 bridgehead atoms. The summed E-state index contributed by atoms with van der Waals surface area (Å²) in [7, 11) is -1.93. The maximum atomic E-state index is 12.9. The van der Waals surface area contributed by atoms with Gasteiger partial charge in [0.25, 0.3) is 0 Å². The highest BCUT2D eigenvalue weighted by molar-refractivity contribution is 7.89. The number of hydrogen-bond donors (Lipinski definition) is 0. The van der Waals surface area contributed by atoms with E-state index in [9.17, 15) is 8.42 Å². The number of sulfonamides is 1. The Hall–Kier alpha value is -1.15. The minimum atomic E-state index is -3.54. The van der Waals surface area contributed by atoms with E-state index in [1.807, 2.05) is 20.8 Å². The largest absolute Gasteiger partial charge is 0.491 e. The molecule has 1 heterocycles. The quantitative estimate of drug-likeness (QED) is 0.737. The van der Waals surface area contributed by atoms with Gasteiger partial charge >= 0.3 is 0 Å². The molecule has 1 fully saturated rings. The van der Waals surface area contributed by atoms with Gasteiger partial charge in [-0.1, -0.05) is 0 Å². The normalized spacial score (nSPS) is 23.0. The van der Waals surface area contributed by atoms with Crippen molar-refractivity contribution in [3.63, 3.8) is 0 Å². The first kappa shape index (κ1) is 18.2. The second-order valence-corrected chi connectivity index (χ2v) is 7.73. The van der Waals surface area contributed by atoms with Crippen LogP contribution in [-0.2, 0) is 19.5 Å². The lowest BCUT2D eigenvalue weighted by molar-refractivity contribution is -0.0170. The number of morpholine rings is 1. The average molecular weight is 343 g/mol. The Morgan fingerprint density at radius 2 is 2.04 bits per heavy atom. The van der Waals surface area contributed by atoms with E-state index in [1.165, 1.54) is 4.31 Å². The molecule has 0 radical (unpaired) electrons. The van der Waals surface area contributed by atoms with Gasteiger partial charge in [-0.2, -0.15) is 4.31 Å². The third-order valence-electron chi connectivity index (χ3n) is 3.85. The molecule has 1 saturated heterocycles. The average Bonchev–Trinajstić information content (AvgIpc) is 2.51. The zero-order valence-electron chi connectivity index (χ0n) is 14.1. The van der Waals surface area contributed by atoms with Crippen molar-refractivity contribution in [2.24, 2.45) is 0 Å². The summed E-state index contributed by atoms with van der Waals surface area (Å²) in [6, 6.07) is 4.78. The monoisotopic (exact) mass is 343 g/mol. The SMILES string of the molecule is COCCOc1ccc(S(=O)(=O)N2C[C@@H](C)OC[C@H]2C)cc1C. The maximum absolute atomic E-state index is 12.9. The second kappa shape index (κ2) is 7.61. The van der Waals surface area contributed by atoms with Crippen LogP contribution in [0.3, 0.4) is 0 Å². The smallest absolute Gasteiger partial charge is 0.243 e. The highest BCUT2D eigenvalue weighted by atomic mass is 32.2. The van der Waals surface area contributed by atoms with Crippen molar-refractivity contribution in [2.75, 3.05) is 33.5 Å². The number of ether oxygens (including phenoxy) is 3. The number of methoxy groups -OCH3 is 1. The fourth-order valence-electron chi connectivity index (χ4n) is 2.52. The Bertz CT molecular complexity index is 631. The molecule has 0 saturated carbocycles. The Kier molecular flexibility index (Phi) is 6.02. The van der Waals surface area contributed by atoms with Gasteiger partial charge < -0.3 is 14.2 Å². The van der Waals surface area contributed by atoms with Crippen molar-refractivity contribution in [3.8, 4) is 5.75 Å². The van der Waals surface area contributed by atoms with E-state index in [4.69, 9.17) is 14.2 Å². The van der Waals surface area contributed by atoms with Crippen molar-refractivity contribution in [3.05, 3.63) is 23.8 Å². The molecule has 0 aliphatic carbocycles. The van der Waals surface area contributed by atoms with Crippen LogP contribution >= 0.6 is 0 Å². The summed E-state index contributed by atoms with van der Waals surface area (Å²) in [6.07, 6.45) is -0.0984. The lowest BCUT2D eigenvalue weighted by Crippen LogP contribution is -2.50. The first-order valence-corrected chi connectivity index (χ1v) is 9.16. The molecule has 0 spiro atoms. The first-order valence-electron chi connectivity index (χ1n) is 7.72. The Balaban J connectivity index is 2.21. The predicted octanol–water partition coefficient (Wildman–Crippen LogP) is 1.82. The number of aryl methyl sites for hydroxylation is 1. The number of benzene rings is 1. The number of nitrogens with zero attached hydrogens (tertiary/aromatic N) is 1. The highest BCUT2D eigenvalue weighted by Crippen LogP contribution is 2.26. The molecule has 1 aliphatic rings. The third-order valence-corrected chi connectivity index (χ3v) is 5.82. The van der Waals surface area contributed by atoms with Gasteiger partial charge in [0.15, 0.2) is 0 Å². The second-order valence-electron chi connectivity index (χ2n) is 5.84. The molecule has 2 atom stereocenters. The van der Waals surface area contributed by atoms with Crippen molar-refractivity contribution < 1.29 is 22.6 Å². The molecule has 0 N–H and O–H groups in total. The lowest BCUT2D eigenvalue weighted by atomic mass is 10.2. The molecule has 2 rings (SSSR count). The van der Waals surface area contributed by atoms with Gasteiger partial charge in [-0.05, 0) is 44.5 Å². The van der Waals surface area contributed by atoms with E-state index in [-0.39, 0.29) is 17.0 Å². The zero-order chi connectivity index (χ0) is 17.0. The molecular weight excluding hydrogens is 318 g/mol. The van der Waals surface area contributed by atoms with Crippen molar-refractivity contribution >= 4 is 10.0 Å². The van der Waals surface area contributed by atoms with Gasteiger partial charge in [-0.3, -0.25) is 0 Å². The van der Waals surface area contributed by atoms with Gasteiger partial charge in [0, 0.05) is 19.7 Å². The molecule has 0 aromatic heterocycles. The standard InChI is InChI=1S/C16H25NO5S/c1-12-9-15(5-6-16(12)21-8-7-20-4)23(18,19)17-10-14(3)22-11-13(17)2/h5-6,9,13-14H,7-8,10-11H2,1-4H3/t13-,14-/m1/s1. The molecule has 1 aromatic carbocycles. The molecule has 0 unspecified atom stereocenters. The van der Waals surface area contributed by atoms with E-state index >= 15 is 0 Å². The molecule has 6 nitrogen and oxygen atoms in total. The van der Waals surface area contributed by atoms with Crippen molar-refractivity contribution in [1.82, 2.24) is 4.31 Å². The summed E-state index contributed by atoms with van der Waals surface area (Å²) in [5, 5.41) is 0. The van der Waals surface area contributed by atoms with E-state index in [0.29, 0.717) is 32.1 Å². The Morgan fingerprint density at radius 3 is 2.70 bits per heavy atom. The maximum Gasteiger partial charge on any atom is 0.243 e. The van der Waals surface area contributed by atoms with Crippen LogP contribution < -0.4 is 4.74 Å². The summed E-state index contributed by atoms with van der Waals surface area (Å²) in [4.78, 5) is 0.287. The third kappa shape index (κ3) is 4.23. The van der Waals surface area contributed by atoms with Gasteiger partial charge in [0.2, 0.25) is 10.0 Å². The molecule has 0 amide bonds. The summed E-state index contributed by atoms with van der Waals surface area (Å²) < 4.78 is 43.3. The van der Waals surface area contributed by atoms with Gasteiger partial charge in [0.1, 0.15) is 12.4 Å². The minimum Gasteiger partial charge on any atom is -0.491 e. The molecular formula is C16H25NO5S. The summed E-state index contributed by atoms with van der Waals surface area (Å²) in [6.45, 7) is 7.29. The van der Waals surface area contributed by atoms with Crippen LogP contribution in [0.1, 0.15) is 19.4 Å². The molecule has 1 aromatic rings. The highest BCUT2D eigenvalue weighted by Gasteiger charge is 2.34. The molecule has 1 aliphatic heterocycles. The van der Waals surface area contributed by atoms with E-state index in [2.05, 4.69) is 0 Å². The zero-order valence-corrected chi connectivity index (χ0v) is 14.9. The fourth-order valence-corrected chi connectivity index (χ4v) is 4.30. The van der Waals surface area contributed by atoms with Crippen LogP contribution in [0.2, 0.25) is 0 Å². The summed E-state index contributed by atoms with van der Waals surface area (Å²) in [5.41, 5.74) is 0.788. The predicted molar refractivity (Wildman–Crippen MR) is 87.3 cm³/mol. The Morgan fingerprint density at radius 1 is 1.30 bits per heavy atom. The van der Waals surface area contributed by atoms with Gasteiger partial charge in [-0.15, -0.1) is 0 Å². The molecule has 23 heavy (non-hydrogen) atoms. The van der Waals surface area contributed by atoms with E-state index in [1.54, 1.807) is 25.3 Å².